The van der Waals surface area contributed by atoms with E-state index in [0.29, 0.717) is 30.8 Å². The van der Waals surface area contributed by atoms with Gasteiger partial charge in [0.05, 0.1) is 17.8 Å². The molecule has 6 nitrogen and oxygen atoms in total. The highest BCUT2D eigenvalue weighted by Crippen LogP contribution is 2.24. The van der Waals surface area contributed by atoms with Crippen molar-refractivity contribution in [2.45, 2.75) is 46.2 Å². The molecule has 3 aromatic rings. The third-order valence-electron chi connectivity index (χ3n) is 5.33. The maximum atomic E-state index is 12.9. The highest BCUT2D eigenvalue weighted by atomic mass is 16.4. The number of unbranched alkanes of at least 4 members (excludes halogenated alkanes) is 1. The van der Waals surface area contributed by atoms with E-state index in [1.807, 2.05) is 37.3 Å². The molecule has 6 heteroatoms. The first-order valence-electron chi connectivity index (χ1n) is 10.2. The number of aldehydes is 1. The summed E-state index contributed by atoms with van der Waals surface area (Å²) in [6, 6.07) is 14.4. The Labute approximate surface area is 175 Å². The smallest absolute Gasteiger partial charge is 0.336 e. The molecule has 0 aliphatic rings. The maximum absolute atomic E-state index is 12.9. The second-order valence-electron chi connectivity index (χ2n) is 7.21. The lowest BCUT2D eigenvalue weighted by Crippen LogP contribution is -2.25. The number of aromatic carboxylic acids is 1. The van der Waals surface area contributed by atoms with Crippen molar-refractivity contribution in [1.29, 1.82) is 0 Å². The van der Waals surface area contributed by atoms with Crippen molar-refractivity contribution in [1.82, 2.24) is 9.13 Å². The molecule has 0 fully saturated rings. The number of carbonyl (C=O) groups is 2. The Kier molecular flexibility index (Phi) is 6.67. The lowest BCUT2D eigenvalue weighted by molar-refractivity contribution is 0.0697. The van der Waals surface area contributed by atoms with E-state index in [9.17, 15) is 19.5 Å². The molecule has 0 radical (unpaired) electrons. The number of rotatable bonds is 9. The van der Waals surface area contributed by atoms with Gasteiger partial charge in [-0.1, -0.05) is 55.8 Å². The normalized spacial score (nSPS) is 10.9. The minimum absolute atomic E-state index is 0.175. The molecular weight excluding hydrogens is 380 g/mol. The number of hydrogen-bond acceptors (Lipinski definition) is 3. The van der Waals surface area contributed by atoms with Gasteiger partial charge in [0.25, 0.3) is 0 Å². The Morgan fingerprint density at radius 2 is 1.73 bits per heavy atom. The van der Waals surface area contributed by atoms with Crippen LogP contribution in [0.4, 0.5) is 0 Å². The van der Waals surface area contributed by atoms with Gasteiger partial charge in [0, 0.05) is 6.54 Å². The first-order valence-corrected chi connectivity index (χ1v) is 10.2. The van der Waals surface area contributed by atoms with Crippen molar-refractivity contribution in [2.24, 2.45) is 0 Å². The van der Waals surface area contributed by atoms with Gasteiger partial charge in [-0.3, -0.25) is 13.9 Å². The summed E-state index contributed by atoms with van der Waals surface area (Å²) in [6.45, 7) is 4.75. The monoisotopic (exact) mass is 406 g/mol. The first kappa shape index (κ1) is 21.3. The van der Waals surface area contributed by atoms with Crippen molar-refractivity contribution in [3.05, 3.63) is 81.5 Å². The summed E-state index contributed by atoms with van der Waals surface area (Å²) in [4.78, 5) is 36.0. The number of hydrogen-bond donors (Lipinski definition) is 1. The molecule has 0 atom stereocenters. The molecule has 1 N–H and O–H groups in total. The van der Waals surface area contributed by atoms with Gasteiger partial charge in [-0.25, -0.2) is 9.59 Å². The van der Waals surface area contributed by atoms with E-state index in [-0.39, 0.29) is 11.3 Å². The van der Waals surface area contributed by atoms with Crippen LogP contribution in [-0.4, -0.2) is 26.5 Å². The molecule has 0 bridgehead atoms. The molecule has 0 spiro atoms. The van der Waals surface area contributed by atoms with Gasteiger partial charge in [0.15, 0.2) is 6.29 Å². The van der Waals surface area contributed by atoms with Gasteiger partial charge >= 0.3 is 11.7 Å². The van der Waals surface area contributed by atoms with Crippen molar-refractivity contribution in [3.8, 4) is 11.1 Å². The molecule has 0 saturated heterocycles. The van der Waals surface area contributed by atoms with Crippen molar-refractivity contribution < 1.29 is 14.7 Å². The van der Waals surface area contributed by atoms with Crippen LogP contribution in [0.15, 0.2) is 53.3 Å². The van der Waals surface area contributed by atoms with Gasteiger partial charge in [-0.15, -0.1) is 0 Å². The average molecular weight is 406 g/mol. The molecule has 156 valence electrons. The molecule has 3 rings (SSSR count). The Hall–Kier alpha value is -3.41. The second-order valence-corrected chi connectivity index (χ2v) is 7.21. The van der Waals surface area contributed by atoms with Crippen LogP contribution in [0.2, 0.25) is 0 Å². The lowest BCUT2D eigenvalue weighted by atomic mass is 9.99. The SMILES string of the molecule is CCCCc1c(C=O)n(CC)c(=O)n1Cc1ccc(-c2ccccc2C(=O)O)cc1. The Balaban J connectivity index is 1.96. The predicted octanol–water partition coefficient (Wildman–Crippen LogP) is 4.24. The summed E-state index contributed by atoms with van der Waals surface area (Å²) in [5.41, 5.74) is 3.68. The summed E-state index contributed by atoms with van der Waals surface area (Å²) in [5, 5.41) is 9.41. The molecular formula is C24H26N2O4. The van der Waals surface area contributed by atoms with Crippen LogP contribution in [0.3, 0.4) is 0 Å². The Morgan fingerprint density at radius 1 is 1.03 bits per heavy atom. The first-order chi connectivity index (χ1) is 14.5. The van der Waals surface area contributed by atoms with E-state index < -0.39 is 5.97 Å². The number of benzene rings is 2. The van der Waals surface area contributed by atoms with Crippen LogP contribution < -0.4 is 5.69 Å². The number of nitrogens with zero attached hydrogens (tertiary/aromatic N) is 2. The molecule has 1 heterocycles. The van der Waals surface area contributed by atoms with Crippen LogP contribution in [0.1, 0.15) is 58.8 Å². The minimum Gasteiger partial charge on any atom is -0.478 e. The molecule has 0 aliphatic carbocycles. The highest BCUT2D eigenvalue weighted by molar-refractivity contribution is 5.95. The number of imidazole rings is 1. The van der Waals surface area contributed by atoms with E-state index >= 15 is 0 Å². The van der Waals surface area contributed by atoms with Crippen molar-refractivity contribution >= 4 is 12.3 Å². The van der Waals surface area contributed by atoms with Crippen LogP contribution in [-0.2, 0) is 19.5 Å². The van der Waals surface area contributed by atoms with Crippen LogP contribution in [0.25, 0.3) is 11.1 Å². The summed E-state index contributed by atoms with van der Waals surface area (Å²) >= 11 is 0. The summed E-state index contributed by atoms with van der Waals surface area (Å²) < 4.78 is 3.21. The molecule has 0 amide bonds. The zero-order chi connectivity index (χ0) is 21.7. The third-order valence-corrected chi connectivity index (χ3v) is 5.33. The largest absolute Gasteiger partial charge is 0.478 e. The predicted molar refractivity (Wildman–Crippen MR) is 116 cm³/mol. The quantitative estimate of drug-likeness (QED) is 0.539. The number of carboxylic acid groups (broad SMARTS) is 1. The Morgan fingerprint density at radius 3 is 2.33 bits per heavy atom. The van der Waals surface area contributed by atoms with Crippen molar-refractivity contribution in [2.75, 3.05) is 0 Å². The van der Waals surface area contributed by atoms with E-state index in [2.05, 4.69) is 6.92 Å². The minimum atomic E-state index is -0.968. The van der Waals surface area contributed by atoms with Crippen LogP contribution in [0.5, 0.6) is 0 Å². The fourth-order valence-electron chi connectivity index (χ4n) is 3.76. The van der Waals surface area contributed by atoms with Gasteiger partial charge in [0.1, 0.15) is 5.69 Å². The van der Waals surface area contributed by atoms with Gasteiger partial charge in [0.2, 0.25) is 0 Å². The fourth-order valence-corrected chi connectivity index (χ4v) is 3.76. The van der Waals surface area contributed by atoms with E-state index in [0.717, 1.165) is 35.9 Å². The molecule has 30 heavy (non-hydrogen) atoms. The number of carbonyl (C=O) groups excluding carboxylic acids is 1. The van der Waals surface area contributed by atoms with E-state index in [1.165, 1.54) is 4.57 Å². The lowest BCUT2D eigenvalue weighted by Gasteiger charge is -2.10. The standard InChI is InChI=1S/C24H26N2O4/c1-3-5-10-21-22(16-27)25(4-2)24(30)26(21)15-17-11-13-18(14-12-17)19-8-6-7-9-20(19)23(28)29/h6-9,11-14,16H,3-5,10,15H2,1-2H3,(H,28,29). The van der Waals surface area contributed by atoms with Gasteiger partial charge in [-0.05, 0) is 42.5 Å². The van der Waals surface area contributed by atoms with Gasteiger partial charge < -0.3 is 5.11 Å². The molecule has 0 saturated carbocycles. The van der Waals surface area contributed by atoms with Crippen LogP contribution in [0, 0.1) is 0 Å². The molecule has 0 aliphatic heterocycles. The fraction of sp³-hybridized carbons (Fsp3) is 0.292. The second kappa shape index (κ2) is 9.39. The summed E-state index contributed by atoms with van der Waals surface area (Å²) in [6.07, 6.45) is 3.33. The highest BCUT2D eigenvalue weighted by Gasteiger charge is 2.18. The number of aromatic nitrogens is 2. The summed E-state index contributed by atoms with van der Waals surface area (Å²) in [5.74, 6) is -0.968. The Bertz CT molecular complexity index is 1110. The van der Waals surface area contributed by atoms with Gasteiger partial charge in [-0.2, -0.15) is 0 Å². The third kappa shape index (κ3) is 4.13. The topological polar surface area (TPSA) is 81.3 Å². The molecule has 0 unspecified atom stereocenters. The summed E-state index contributed by atoms with van der Waals surface area (Å²) in [7, 11) is 0. The number of carboxylic acids is 1. The van der Waals surface area contributed by atoms with Crippen LogP contribution >= 0.6 is 0 Å². The average Bonchev–Trinajstić information content (AvgIpc) is 3.02. The zero-order valence-electron chi connectivity index (χ0n) is 17.3. The van der Waals surface area contributed by atoms with E-state index in [4.69, 9.17) is 0 Å². The van der Waals surface area contributed by atoms with Crippen molar-refractivity contribution in [3.63, 3.8) is 0 Å². The molecule has 1 aromatic heterocycles. The maximum Gasteiger partial charge on any atom is 0.336 e. The zero-order valence-corrected chi connectivity index (χ0v) is 17.3. The van der Waals surface area contributed by atoms with E-state index in [1.54, 1.807) is 22.8 Å². The molecule has 2 aromatic carbocycles.